The first-order valence-electron chi connectivity index (χ1n) is 4.68. The average molecular weight is 206 g/mol. The van der Waals surface area contributed by atoms with Crippen LogP contribution in [0.2, 0.25) is 0 Å². The third-order valence-electron chi connectivity index (χ3n) is 1.94. The summed E-state index contributed by atoms with van der Waals surface area (Å²) in [4.78, 5) is 10.8. The average Bonchev–Trinajstić information content (AvgIpc) is 2.29. The van der Waals surface area contributed by atoms with E-state index in [1.54, 1.807) is 7.11 Å². The van der Waals surface area contributed by atoms with Gasteiger partial charge in [-0.25, -0.2) is 4.79 Å². The smallest absolute Gasteiger partial charge is 0.330 e. The molecule has 0 aliphatic heterocycles. The first kappa shape index (κ1) is 11.3. The third-order valence-corrected chi connectivity index (χ3v) is 1.94. The fourth-order valence-corrected chi connectivity index (χ4v) is 1.16. The Labute approximate surface area is 89.3 Å². The second-order valence-corrected chi connectivity index (χ2v) is 2.97. The molecule has 0 amide bonds. The van der Waals surface area contributed by atoms with E-state index in [4.69, 9.17) is 9.47 Å². The Morgan fingerprint density at radius 2 is 2.33 bits per heavy atom. The van der Waals surface area contributed by atoms with E-state index in [-0.39, 0.29) is 0 Å². The summed E-state index contributed by atoms with van der Waals surface area (Å²) >= 11 is 0. The molecule has 0 aliphatic rings. The molecule has 0 N–H and O–H groups in total. The number of carbonyl (C=O) groups is 1. The maximum absolute atomic E-state index is 10.8. The molecule has 1 aromatic carbocycles. The molecular weight excluding hydrogens is 192 g/mol. The van der Waals surface area contributed by atoms with Crippen LogP contribution < -0.4 is 4.74 Å². The van der Waals surface area contributed by atoms with Crippen molar-refractivity contribution in [1.29, 1.82) is 0 Å². The maximum atomic E-state index is 10.8. The predicted octanol–water partition coefficient (Wildman–Crippen LogP) is 1.97. The van der Waals surface area contributed by atoms with Crippen LogP contribution in [0, 0.1) is 0 Å². The summed E-state index contributed by atoms with van der Waals surface area (Å²) in [5, 5.41) is 0. The van der Waals surface area contributed by atoms with Crippen molar-refractivity contribution in [3.63, 3.8) is 0 Å². The van der Waals surface area contributed by atoms with Gasteiger partial charge >= 0.3 is 5.97 Å². The fraction of sp³-hybridized carbons (Fsp3) is 0.250. The lowest BCUT2D eigenvalue weighted by molar-refractivity contribution is -0.137. The van der Waals surface area contributed by atoms with Crippen molar-refractivity contribution in [2.75, 3.05) is 13.7 Å². The highest BCUT2D eigenvalue weighted by Gasteiger charge is 1.98. The lowest BCUT2D eigenvalue weighted by atomic mass is 10.1. The van der Waals surface area contributed by atoms with Crippen LogP contribution in [0.1, 0.15) is 5.56 Å². The molecule has 0 radical (unpaired) electrons. The van der Waals surface area contributed by atoms with Gasteiger partial charge in [-0.3, -0.25) is 0 Å². The van der Waals surface area contributed by atoms with Crippen LogP contribution in [0.5, 0.6) is 5.75 Å². The van der Waals surface area contributed by atoms with Gasteiger partial charge in [0.25, 0.3) is 0 Å². The Balaban J connectivity index is 2.43. The highest BCUT2D eigenvalue weighted by atomic mass is 16.5. The van der Waals surface area contributed by atoms with Crippen LogP contribution in [0.3, 0.4) is 0 Å². The Bertz CT molecular complexity index is 344. The molecule has 0 saturated carbocycles. The summed E-state index contributed by atoms with van der Waals surface area (Å²) in [6, 6.07) is 7.66. The quantitative estimate of drug-likeness (QED) is 0.545. The minimum Gasteiger partial charge on any atom is -0.497 e. The second kappa shape index (κ2) is 5.86. The summed E-state index contributed by atoms with van der Waals surface area (Å²) in [6.07, 6.45) is 1.84. The van der Waals surface area contributed by atoms with E-state index in [0.717, 1.165) is 17.4 Å². The van der Waals surface area contributed by atoms with Crippen molar-refractivity contribution < 1.29 is 14.3 Å². The molecule has 3 heteroatoms. The molecule has 0 atom stereocenters. The minimum atomic E-state index is -0.391. The fourth-order valence-electron chi connectivity index (χ4n) is 1.16. The van der Waals surface area contributed by atoms with Crippen molar-refractivity contribution >= 4 is 5.97 Å². The first-order chi connectivity index (χ1) is 7.26. The number of hydrogen-bond acceptors (Lipinski definition) is 3. The van der Waals surface area contributed by atoms with E-state index in [0.29, 0.717) is 13.0 Å². The van der Waals surface area contributed by atoms with Gasteiger partial charge in [0.15, 0.2) is 0 Å². The van der Waals surface area contributed by atoms with E-state index in [1.165, 1.54) is 0 Å². The molecule has 0 heterocycles. The van der Waals surface area contributed by atoms with Gasteiger partial charge in [-0.2, -0.15) is 0 Å². The van der Waals surface area contributed by atoms with Crippen LogP contribution in [0.15, 0.2) is 36.9 Å². The number of methoxy groups -OCH3 is 1. The first-order valence-corrected chi connectivity index (χ1v) is 4.68. The molecule has 1 aromatic rings. The summed E-state index contributed by atoms with van der Waals surface area (Å²) in [7, 11) is 1.62. The Morgan fingerprint density at radius 1 is 1.53 bits per heavy atom. The summed E-state index contributed by atoms with van der Waals surface area (Å²) in [5.41, 5.74) is 1.08. The number of benzene rings is 1. The largest absolute Gasteiger partial charge is 0.497 e. The van der Waals surface area contributed by atoms with Crippen LogP contribution in [-0.2, 0) is 16.0 Å². The van der Waals surface area contributed by atoms with Crippen molar-refractivity contribution in [3.8, 4) is 5.75 Å². The normalized spacial score (nSPS) is 9.40. The van der Waals surface area contributed by atoms with E-state index in [9.17, 15) is 4.79 Å². The highest BCUT2D eigenvalue weighted by molar-refractivity contribution is 5.81. The zero-order valence-corrected chi connectivity index (χ0v) is 8.73. The molecule has 0 unspecified atom stereocenters. The topological polar surface area (TPSA) is 35.5 Å². The van der Waals surface area contributed by atoms with Gasteiger partial charge in [0.2, 0.25) is 0 Å². The number of carbonyl (C=O) groups excluding carboxylic acids is 1. The van der Waals surface area contributed by atoms with Crippen LogP contribution in [-0.4, -0.2) is 19.7 Å². The monoisotopic (exact) mass is 206 g/mol. The SMILES string of the molecule is C=CC(=O)OCCc1cccc(OC)c1. The lowest BCUT2D eigenvalue weighted by Crippen LogP contribution is -2.04. The molecule has 1 rings (SSSR count). The number of ether oxygens (including phenoxy) is 2. The Morgan fingerprint density at radius 3 is 3.00 bits per heavy atom. The lowest BCUT2D eigenvalue weighted by Gasteiger charge is -2.04. The van der Waals surface area contributed by atoms with Crippen molar-refractivity contribution in [2.45, 2.75) is 6.42 Å². The molecule has 0 saturated heterocycles. The minimum absolute atomic E-state index is 0.359. The Kier molecular flexibility index (Phi) is 4.41. The summed E-state index contributed by atoms with van der Waals surface area (Å²) in [5.74, 6) is 0.417. The number of rotatable bonds is 5. The standard InChI is InChI=1S/C12H14O3/c1-3-12(13)15-8-7-10-5-4-6-11(9-10)14-2/h3-6,9H,1,7-8H2,2H3. The predicted molar refractivity (Wildman–Crippen MR) is 57.9 cm³/mol. The van der Waals surface area contributed by atoms with Gasteiger partial charge in [0.05, 0.1) is 13.7 Å². The highest BCUT2D eigenvalue weighted by Crippen LogP contribution is 2.12. The molecule has 0 spiro atoms. The number of hydrogen-bond donors (Lipinski definition) is 0. The van der Waals surface area contributed by atoms with Gasteiger partial charge in [-0.15, -0.1) is 0 Å². The molecule has 15 heavy (non-hydrogen) atoms. The molecular formula is C12H14O3. The van der Waals surface area contributed by atoms with Crippen molar-refractivity contribution in [3.05, 3.63) is 42.5 Å². The molecule has 0 aliphatic carbocycles. The molecule has 0 aromatic heterocycles. The van der Waals surface area contributed by atoms with Gasteiger partial charge in [-0.05, 0) is 17.7 Å². The molecule has 0 bridgehead atoms. The van der Waals surface area contributed by atoms with E-state index < -0.39 is 5.97 Å². The van der Waals surface area contributed by atoms with Crippen LogP contribution >= 0.6 is 0 Å². The van der Waals surface area contributed by atoms with Gasteiger partial charge < -0.3 is 9.47 Å². The summed E-state index contributed by atoms with van der Waals surface area (Å²) < 4.78 is 9.95. The Hall–Kier alpha value is -1.77. The van der Waals surface area contributed by atoms with Crippen molar-refractivity contribution in [1.82, 2.24) is 0 Å². The molecule has 3 nitrogen and oxygen atoms in total. The zero-order chi connectivity index (χ0) is 11.1. The van der Waals surface area contributed by atoms with Gasteiger partial charge in [0, 0.05) is 12.5 Å². The van der Waals surface area contributed by atoms with Gasteiger partial charge in [-0.1, -0.05) is 18.7 Å². The van der Waals surface area contributed by atoms with Crippen molar-refractivity contribution in [2.24, 2.45) is 0 Å². The third kappa shape index (κ3) is 3.85. The maximum Gasteiger partial charge on any atom is 0.330 e. The van der Waals surface area contributed by atoms with Gasteiger partial charge in [0.1, 0.15) is 5.75 Å². The summed E-state index contributed by atoms with van der Waals surface area (Å²) in [6.45, 7) is 3.68. The molecule has 80 valence electrons. The molecule has 0 fully saturated rings. The van der Waals surface area contributed by atoms with E-state index in [1.807, 2.05) is 24.3 Å². The van der Waals surface area contributed by atoms with Crippen LogP contribution in [0.25, 0.3) is 0 Å². The van der Waals surface area contributed by atoms with Crippen LogP contribution in [0.4, 0.5) is 0 Å². The zero-order valence-electron chi connectivity index (χ0n) is 8.73. The van der Waals surface area contributed by atoms with E-state index in [2.05, 4.69) is 6.58 Å². The second-order valence-electron chi connectivity index (χ2n) is 2.97. The van der Waals surface area contributed by atoms with E-state index >= 15 is 0 Å². The number of esters is 1.